The van der Waals surface area contributed by atoms with Gasteiger partial charge in [0.1, 0.15) is 24.6 Å². The van der Waals surface area contributed by atoms with Crippen molar-refractivity contribution >= 4 is 52.6 Å². The van der Waals surface area contributed by atoms with E-state index in [-0.39, 0.29) is 38.1 Å². The fraction of sp³-hybridized carbons (Fsp3) is 0.308. The molecule has 0 aliphatic carbocycles. The molecule has 42 heavy (non-hydrogen) atoms. The molecule has 4 aromatic rings. The van der Waals surface area contributed by atoms with Gasteiger partial charge in [0, 0.05) is 40.8 Å². The number of fused-ring (bicyclic) bond motifs is 1. The highest BCUT2D eigenvalue weighted by Gasteiger charge is 2.17. The van der Waals surface area contributed by atoms with Gasteiger partial charge in [0.25, 0.3) is 0 Å². The molecule has 0 spiro atoms. The lowest BCUT2D eigenvalue weighted by Crippen LogP contribution is -2.36. The van der Waals surface area contributed by atoms with E-state index in [1.165, 1.54) is 43.0 Å². The summed E-state index contributed by atoms with van der Waals surface area (Å²) in [5.41, 5.74) is 0.965. The quantitative estimate of drug-likeness (QED) is 0.0955. The average Bonchev–Trinajstić information content (AvgIpc) is 3.38. The Morgan fingerprint density at radius 1 is 1.17 bits per heavy atom. The number of ether oxygens (including phenoxy) is 2. The molecular formula is C26H30FN6O7PS. The Kier molecular flexibility index (Phi) is 10.7. The van der Waals surface area contributed by atoms with Crippen molar-refractivity contribution in [2.45, 2.75) is 25.8 Å². The number of aromatic nitrogens is 3. The number of phosphoric ester groups is 1. The van der Waals surface area contributed by atoms with Gasteiger partial charge in [-0.25, -0.2) is 23.9 Å². The number of carbonyl (C=O) groups is 1. The average molecular weight is 621 g/mol. The van der Waals surface area contributed by atoms with Crippen molar-refractivity contribution in [1.29, 1.82) is 0 Å². The first-order valence-corrected chi connectivity index (χ1v) is 15.1. The van der Waals surface area contributed by atoms with Gasteiger partial charge < -0.3 is 35.2 Å². The monoisotopic (exact) mass is 620 g/mol. The number of hydrogen-bond donors (Lipinski definition) is 5. The molecule has 16 heteroatoms. The molecule has 0 aliphatic heterocycles. The van der Waals surface area contributed by atoms with Crippen molar-refractivity contribution in [1.82, 2.24) is 20.3 Å². The molecule has 0 aliphatic rings. The first kappa shape index (κ1) is 31.2. The summed E-state index contributed by atoms with van der Waals surface area (Å²) in [6.07, 6.45) is 3.76. The minimum atomic E-state index is -4.51. The number of amides is 1. The second kappa shape index (κ2) is 14.4. The second-order valence-corrected chi connectivity index (χ2v) is 11.3. The number of benzene rings is 2. The molecule has 2 aromatic heterocycles. The van der Waals surface area contributed by atoms with Gasteiger partial charge in [-0.2, -0.15) is 0 Å². The SMILES string of the molecule is CCC(COc1cc2ncnc(Nc3ncc(CC(=O)Nc4cccc(F)c4)s3)c2cc1OC)NCCOP(=O)(O)O. The zero-order chi connectivity index (χ0) is 30.1. The van der Waals surface area contributed by atoms with Crippen LogP contribution in [0.15, 0.2) is 48.9 Å². The second-order valence-electron chi connectivity index (χ2n) is 8.93. The molecule has 0 saturated heterocycles. The molecule has 0 fully saturated rings. The van der Waals surface area contributed by atoms with E-state index in [0.29, 0.717) is 50.3 Å². The standard InChI is InChI=1S/C26H30FN6O7PS/c1-3-17(28-7-8-40-41(35,36)37)14-39-23-12-21-20(11-22(23)38-2)25(31-15-30-21)33-26-29-13-19(42-26)10-24(34)32-18-6-4-5-16(27)9-18/h4-6,9,11-13,15,17,28H,3,7-8,10,14H2,1-2H3,(H,32,34)(H2,35,36,37)(H,29,30,31,33). The summed E-state index contributed by atoms with van der Waals surface area (Å²) in [7, 11) is -3.00. The molecule has 1 amide bonds. The van der Waals surface area contributed by atoms with Gasteiger partial charge in [-0.15, -0.1) is 11.3 Å². The largest absolute Gasteiger partial charge is 0.493 e. The summed E-state index contributed by atoms with van der Waals surface area (Å²) in [6.45, 7) is 2.31. The maximum absolute atomic E-state index is 13.4. The predicted molar refractivity (Wildman–Crippen MR) is 156 cm³/mol. The molecular weight excluding hydrogens is 590 g/mol. The number of anilines is 3. The minimum Gasteiger partial charge on any atom is -0.493 e. The molecule has 4 rings (SSSR count). The summed E-state index contributed by atoms with van der Waals surface area (Å²) in [5.74, 6) is 0.663. The van der Waals surface area contributed by atoms with Crippen LogP contribution in [0.1, 0.15) is 18.2 Å². The zero-order valence-corrected chi connectivity index (χ0v) is 24.5. The Bertz CT molecular complexity index is 1570. The topological polar surface area (TPSA) is 177 Å². The van der Waals surface area contributed by atoms with Crippen LogP contribution in [0, 0.1) is 5.82 Å². The number of phosphoric acid groups is 1. The van der Waals surface area contributed by atoms with E-state index in [2.05, 4.69) is 35.4 Å². The Labute approximate surface area is 244 Å². The first-order chi connectivity index (χ1) is 20.1. The third-order valence-corrected chi connectivity index (χ3v) is 7.30. The third kappa shape index (κ3) is 9.14. The Morgan fingerprint density at radius 2 is 2.00 bits per heavy atom. The fourth-order valence-electron chi connectivity index (χ4n) is 3.85. The van der Waals surface area contributed by atoms with Gasteiger partial charge in [0.15, 0.2) is 16.6 Å². The molecule has 0 saturated carbocycles. The highest BCUT2D eigenvalue weighted by molar-refractivity contribution is 7.46. The van der Waals surface area contributed by atoms with Crippen LogP contribution >= 0.6 is 19.2 Å². The lowest BCUT2D eigenvalue weighted by Gasteiger charge is -2.19. The van der Waals surface area contributed by atoms with Crippen molar-refractivity contribution in [3.05, 3.63) is 59.6 Å². The molecule has 2 heterocycles. The summed E-state index contributed by atoms with van der Waals surface area (Å²) >= 11 is 1.28. The Balaban J connectivity index is 1.40. The van der Waals surface area contributed by atoms with E-state index in [1.54, 1.807) is 24.4 Å². The van der Waals surface area contributed by atoms with Crippen LogP contribution in [0.5, 0.6) is 11.5 Å². The van der Waals surface area contributed by atoms with E-state index in [9.17, 15) is 13.8 Å². The zero-order valence-electron chi connectivity index (χ0n) is 22.7. The number of carbonyl (C=O) groups excluding carboxylic acids is 1. The summed E-state index contributed by atoms with van der Waals surface area (Å²) in [6, 6.07) is 9.05. The maximum Gasteiger partial charge on any atom is 0.469 e. The van der Waals surface area contributed by atoms with Crippen molar-refractivity contribution < 1.29 is 37.5 Å². The highest BCUT2D eigenvalue weighted by atomic mass is 32.1. The van der Waals surface area contributed by atoms with Gasteiger partial charge in [0.05, 0.1) is 25.7 Å². The highest BCUT2D eigenvalue weighted by Crippen LogP contribution is 2.36. The van der Waals surface area contributed by atoms with Gasteiger partial charge in [-0.05, 0) is 30.7 Å². The van der Waals surface area contributed by atoms with Crippen LogP contribution in [-0.2, 0) is 20.3 Å². The smallest absolute Gasteiger partial charge is 0.469 e. The van der Waals surface area contributed by atoms with E-state index in [0.717, 1.165) is 0 Å². The molecule has 0 bridgehead atoms. The normalized spacial score (nSPS) is 12.2. The molecule has 1 unspecified atom stereocenters. The van der Waals surface area contributed by atoms with Gasteiger partial charge in [-0.3, -0.25) is 9.32 Å². The Hall–Kier alpha value is -3.72. The van der Waals surface area contributed by atoms with Gasteiger partial charge >= 0.3 is 7.82 Å². The van der Waals surface area contributed by atoms with Crippen LogP contribution in [0.2, 0.25) is 0 Å². The molecule has 13 nitrogen and oxygen atoms in total. The summed E-state index contributed by atoms with van der Waals surface area (Å²) in [5, 5.41) is 10.1. The number of nitrogens with zero attached hydrogens (tertiary/aromatic N) is 3. The number of thiazole rings is 1. The van der Waals surface area contributed by atoms with Crippen molar-refractivity contribution in [2.24, 2.45) is 0 Å². The number of methoxy groups -OCH3 is 1. The molecule has 1 atom stereocenters. The van der Waals surface area contributed by atoms with E-state index >= 15 is 0 Å². The number of rotatable bonds is 15. The van der Waals surface area contributed by atoms with Crippen LogP contribution in [0.4, 0.5) is 21.0 Å². The van der Waals surface area contributed by atoms with Crippen LogP contribution in [0.3, 0.4) is 0 Å². The van der Waals surface area contributed by atoms with Crippen molar-refractivity contribution in [3.63, 3.8) is 0 Å². The van der Waals surface area contributed by atoms with E-state index in [1.807, 2.05) is 6.92 Å². The molecule has 0 radical (unpaired) electrons. The molecule has 5 N–H and O–H groups in total. The lowest BCUT2D eigenvalue weighted by atomic mass is 10.2. The molecule has 2 aromatic carbocycles. The van der Waals surface area contributed by atoms with E-state index < -0.39 is 13.6 Å². The fourth-order valence-corrected chi connectivity index (χ4v) is 4.99. The van der Waals surface area contributed by atoms with Crippen LogP contribution in [0.25, 0.3) is 10.9 Å². The minimum absolute atomic E-state index is 0.0687. The lowest BCUT2D eigenvalue weighted by molar-refractivity contribution is -0.115. The first-order valence-electron chi connectivity index (χ1n) is 12.8. The summed E-state index contributed by atoms with van der Waals surface area (Å²) in [4.78, 5) is 43.7. The van der Waals surface area contributed by atoms with Crippen LogP contribution < -0.4 is 25.4 Å². The maximum atomic E-state index is 13.4. The number of halogens is 1. The summed E-state index contributed by atoms with van der Waals surface area (Å²) < 4.78 is 40.2. The van der Waals surface area contributed by atoms with E-state index in [4.69, 9.17) is 19.3 Å². The van der Waals surface area contributed by atoms with Gasteiger partial charge in [0.2, 0.25) is 5.91 Å². The third-order valence-electron chi connectivity index (χ3n) is 5.87. The number of nitrogens with one attached hydrogen (secondary N) is 3. The van der Waals surface area contributed by atoms with Crippen LogP contribution in [-0.4, -0.2) is 63.6 Å². The van der Waals surface area contributed by atoms with Crippen molar-refractivity contribution in [3.8, 4) is 11.5 Å². The molecule has 224 valence electrons. The Morgan fingerprint density at radius 3 is 2.74 bits per heavy atom. The van der Waals surface area contributed by atoms with Gasteiger partial charge in [-0.1, -0.05) is 13.0 Å². The predicted octanol–water partition coefficient (Wildman–Crippen LogP) is 4.02. The number of hydrogen-bond acceptors (Lipinski definition) is 11. The van der Waals surface area contributed by atoms with Crippen molar-refractivity contribution in [2.75, 3.05) is 37.5 Å².